The van der Waals surface area contributed by atoms with Gasteiger partial charge in [-0.15, -0.1) is 0 Å². The van der Waals surface area contributed by atoms with Gasteiger partial charge in [-0.1, -0.05) is 96.3 Å². The fraction of sp³-hybridized carbons (Fsp3) is 0.490. The number of benzene rings is 4. The van der Waals surface area contributed by atoms with E-state index >= 15 is 0 Å². The van der Waals surface area contributed by atoms with Gasteiger partial charge in [0.2, 0.25) is 0 Å². The van der Waals surface area contributed by atoms with Gasteiger partial charge in [-0.25, -0.2) is 0 Å². The molecule has 0 bridgehead atoms. The summed E-state index contributed by atoms with van der Waals surface area (Å²) in [4.78, 5) is 12.6. The fourth-order valence-electron chi connectivity index (χ4n) is 6.73. The number of carbonyl (C=O) groups excluding carboxylic acids is 1. The van der Waals surface area contributed by atoms with Crippen molar-refractivity contribution in [2.75, 3.05) is 26.4 Å². The van der Waals surface area contributed by atoms with Crippen LogP contribution in [0.25, 0.3) is 0 Å². The standard InChI is InChI=1S/C18H20O5S.C17H26O6S.C14H20O4S/c1-15-7-9-17(10-8-15)24(19,20)23-12-11-18(21-13-14-22-18)16-5-3-2-4-6-16;1-12-7-9-14(10-8-12)24(20,21)22-11-17(6,13(2)18)15(19)23-16(3,4)5;1-11-6-8-12(9-7-11)19(16,17)18-13-5-3-4-10-14(13,2)15/h2-10H,11-14H2,1H3;7-10,13,18H,11H2,1-6H3;6-9,13,15H,3-5,10H2,1-2H3/t;;13-,14+/m..1/s1. The lowest BCUT2D eigenvalue weighted by atomic mass is 9.84. The first kappa shape index (κ1) is 55.5. The largest absolute Gasteiger partial charge is 0.459 e. The molecule has 2 unspecified atom stereocenters. The van der Waals surface area contributed by atoms with Crippen LogP contribution in [0.4, 0.5) is 0 Å². The van der Waals surface area contributed by atoms with Gasteiger partial charge in [0.05, 0.1) is 52.8 Å². The van der Waals surface area contributed by atoms with Gasteiger partial charge in [-0.2, -0.15) is 25.3 Å². The van der Waals surface area contributed by atoms with E-state index in [1.807, 2.05) is 51.1 Å². The van der Waals surface area contributed by atoms with Crippen LogP contribution in [0.1, 0.15) is 95.9 Å². The minimum absolute atomic E-state index is 0.00904. The number of rotatable bonds is 15. The van der Waals surface area contributed by atoms with E-state index in [0.29, 0.717) is 32.5 Å². The molecule has 6 rings (SSSR count). The minimum Gasteiger partial charge on any atom is -0.459 e. The van der Waals surface area contributed by atoms with Crippen LogP contribution in [-0.2, 0) is 67.7 Å². The highest BCUT2D eigenvalue weighted by Crippen LogP contribution is 2.36. The second-order valence-electron chi connectivity index (χ2n) is 18.2. The molecule has 0 aromatic heterocycles. The van der Waals surface area contributed by atoms with E-state index < -0.39 is 77.5 Å². The maximum absolute atomic E-state index is 12.4. The molecule has 4 aromatic rings. The highest BCUT2D eigenvalue weighted by molar-refractivity contribution is 7.87. The number of ether oxygens (including phenoxy) is 3. The number of aliphatic hydroxyl groups excluding tert-OH is 1. The first-order valence-electron chi connectivity index (χ1n) is 22.0. The highest BCUT2D eigenvalue weighted by atomic mass is 32.2. The Morgan fingerprint density at radius 2 is 1.15 bits per heavy atom. The van der Waals surface area contributed by atoms with Crippen LogP contribution in [0.2, 0.25) is 0 Å². The van der Waals surface area contributed by atoms with E-state index in [-0.39, 0.29) is 21.3 Å². The Morgan fingerprint density at radius 1 is 0.701 bits per heavy atom. The van der Waals surface area contributed by atoms with Gasteiger partial charge < -0.3 is 24.4 Å². The SMILES string of the molecule is Cc1ccc(S(=O)(=O)OCC(C)(C(=O)OC(C)(C)C)C(C)O)cc1.Cc1ccc(S(=O)(=O)OCCC2(c3ccccc3)OCCO2)cc1.Cc1ccc(S(=O)(=O)O[C@@H]2CCCC[C@]2(C)O)cc1. The molecule has 2 N–H and O–H groups in total. The van der Waals surface area contributed by atoms with Gasteiger partial charge in [0.1, 0.15) is 17.1 Å². The first-order chi connectivity index (χ1) is 31.1. The zero-order chi connectivity index (χ0) is 49.9. The lowest BCUT2D eigenvalue weighted by molar-refractivity contribution is -0.175. The summed E-state index contributed by atoms with van der Waals surface area (Å²) in [5, 5.41) is 20.2. The zero-order valence-electron chi connectivity index (χ0n) is 39.8. The van der Waals surface area contributed by atoms with Gasteiger partial charge in [0.25, 0.3) is 30.4 Å². The van der Waals surface area contributed by atoms with Gasteiger partial charge >= 0.3 is 5.97 Å². The fourth-order valence-corrected chi connectivity index (χ4v) is 9.83. The maximum atomic E-state index is 12.4. The van der Waals surface area contributed by atoms with Gasteiger partial charge in [-0.05, 0) is 112 Å². The zero-order valence-corrected chi connectivity index (χ0v) is 42.2. The molecule has 1 heterocycles. The molecule has 0 spiro atoms. The van der Waals surface area contributed by atoms with Crippen LogP contribution in [0.3, 0.4) is 0 Å². The molecule has 18 heteroatoms. The lowest BCUT2D eigenvalue weighted by Crippen LogP contribution is -2.46. The maximum Gasteiger partial charge on any atom is 0.317 e. The van der Waals surface area contributed by atoms with Gasteiger partial charge in [0, 0.05) is 12.0 Å². The van der Waals surface area contributed by atoms with E-state index in [9.17, 15) is 40.3 Å². The summed E-state index contributed by atoms with van der Waals surface area (Å²) in [6.45, 7) is 15.6. The lowest BCUT2D eigenvalue weighted by Gasteiger charge is -2.35. The molecule has 1 aliphatic carbocycles. The summed E-state index contributed by atoms with van der Waals surface area (Å²) < 4.78 is 106. The number of hydrogen-bond acceptors (Lipinski definition) is 15. The third-order valence-electron chi connectivity index (χ3n) is 11.2. The van der Waals surface area contributed by atoms with Crippen LogP contribution in [0.5, 0.6) is 0 Å². The van der Waals surface area contributed by atoms with Crippen molar-refractivity contribution in [2.45, 2.75) is 138 Å². The van der Waals surface area contributed by atoms with Crippen molar-refractivity contribution in [3.63, 3.8) is 0 Å². The second kappa shape index (κ2) is 23.0. The Hall–Kier alpha value is -4.08. The molecule has 15 nitrogen and oxygen atoms in total. The third kappa shape index (κ3) is 16.0. The molecular formula is C49H66O15S3. The Balaban J connectivity index is 0.000000221. The Kier molecular flexibility index (Phi) is 19.1. The smallest absolute Gasteiger partial charge is 0.317 e. The summed E-state index contributed by atoms with van der Waals surface area (Å²) in [5.74, 6) is -1.66. The Bertz CT molecular complexity index is 2530. The average molecular weight is 991 g/mol. The van der Waals surface area contributed by atoms with Crippen LogP contribution < -0.4 is 0 Å². The van der Waals surface area contributed by atoms with E-state index in [2.05, 4.69) is 0 Å². The van der Waals surface area contributed by atoms with Crippen molar-refractivity contribution in [2.24, 2.45) is 5.41 Å². The highest BCUT2D eigenvalue weighted by Gasteiger charge is 2.44. The first-order valence-corrected chi connectivity index (χ1v) is 26.2. The molecule has 1 saturated carbocycles. The molecule has 1 saturated heterocycles. The predicted octanol–water partition coefficient (Wildman–Crippen LogP) is 7.81. The van der Waals surface area contributed by atoms with Crippen molar-refractivity contribution in [1.29, 1.82) is 0 Å². The molecule has 0 amide bonds. The van der Waals surface area contributed by atoms with Gasteiger partial charge in [-0.3, -0.25) is 17.3 Å². The van der Waals surface area contributed by atoms with Crippen LogP contribution >= 0.6 is 0 Å². The van der Waals surface area contributed by atoms with Gasteiger partial charge in [0.15, 0.2) is 5.79 Å². The Labute approximate surface area is 397 Å². The molecule has 0 radical (unpaired) electrons. The normalized spacial score (nSPS) is 20.0. The summed E-state index contributed by atoms with van der Waals surface area (Å²) >= 11 is 0. The number of aliphatic hydroxyl groups is 2. The van der Waals surface area contributed by atoms with E-state index in [1.54, 1.807) is 76.2 Å². The van der Waals surface area contributed by atoms with Crippen molar-refractivity contribution in [3.8, 4) is 0 Å². The van der Waals surface area contributed by atoms with Crippen molar-refractivity contribution >= 4 is 36.3 Å². The van der Waals surface area contributed by atoms with Crippen LogP contribution in [-0.4, -0.2) is 91.3 Å². The van der Waals surface area contributed by atoms with E-state index in [0.717, 1.165) is 35.1 Å². The van der Waals surface area contributed by atoms with Crippen molar-refractivity contribution < 1.29 is 67.0 Å². The minimum atomic E-state index is -4.04. The monoisotopic (exact) mass is 990 g/mol. The molecular weight excluding hydrogens is 925 g/mol. The molecule has 67 heavy (non-hydrogen) atoms. The molecule has 2 aliphatic rings. The van der Waals surface area contributed by atoms with Crippen molar-refractivity contribution in [1.82, 2.24) is 0 Å². The molecule has 1 aliphatic heterocycles. The number of esters is 1. The third-order valence-corrected chi connectivity index (χ3v) is 15.1. The van der Waals surface area contributed by atoms with Crippen molar-refractivity contribution in [3.05, 3.63) is 125 Å². The van der Waals surface area contributed by atoms with E-state index in [1.165, 1.54) is 38.1 Å². The topological polar surface area (TPSA) is 215 Å². The van der Waals surface area contributed by atoms with E-state index in [4.69, 9.17) is 26.8 Å². The predicted molar refractivity (Wildman–Crippen MR) is 251 cm³/mol. The average Bonchev–Trinajstić information content (AvgIpc) is 3.74. The number of aryl methyl sites for hydroxylation is 3. The van der Waals surface area contributed by atoms with Crippen LogP contribution in [0, 0.1) is 26.2 Å². The second-order valence-corrected chi connectivity index (χ2v) is 23.0. The summed E-state index contributed by atoms with van der Waals surface area (Å²) in [7, 11) is -11.6. The summed E-state index contributed by atoms with van der Waals surface area (Å²) in [6, 6.07) is 28.7. The molecule has 4 atom stereocenters. The summed E-state index contributed by atoms with van der Waals surface area (Å²) in [6.07, 6.45) is 1.40. The molecule has 370 valence electrons. The van der Waals surface area contributed by atoms with Crippen LogP contribution in [0.15, 0.2) is 118 Å². The molecule has 4 aromatic carbocycles. The molecule has 2 fully saturated rings. The number of carbonyl (C=O) groups is 1. The summed E-state index contributed by atoms with van der Waals surface area (Å²) in [5.41, 5.74) is 0.410. The quantitative estimate of drug-likeness (QED) is 0.0858. The Morgan fingerprint density at radius 3 is 1.58 bits per heavy atom. The number of hydrogen-bond donors (Lipinski definition) is 2.